The van der Waals surface area contributed by atoms with Crippen molar-refractivity contribution in [3.8, 4) is 5.75 Å². The Bertz CT molecular complexity index is 479. The summed E-state index contributed by atoms with van der Waals surface area (Å²) in [6.45, 7) is 0. The third-order valence-electron chi connectivity index (χ3n) is 3.66. The van der Waals surface area contributed by atoms with Crippen LogP contribution in [0.5, 0.6) is 5.75 Å². The molecule has 1 aliphatic rings. The van der Waals surface area contributed by atoms with Crippen LogP contribution in [0.15, 0.2) is 24.3 Å². The molecule has 19 heavy (non-hydrogen) atoms. The van der Waals surface area contributed by atoms with E-state index in [1.807, 2.05) is 0 Å². The molecule has 0 atom stereocenters. The van der Waals surface area contributed by atoms with Gasteiger partial charge in [0, 0.05) is 5.56 Å². The van der Waals surface area contributed by atoms with Crippen LogP contribution >= 0.6 is 12.2 Å². The van der Waals surface area contributed by atoms with Crippen molar-refractivity contribution in [2.75, 3.05) is 0 Å². The van der Waals surface area contributed by atoms with E-state index in [2.05, 4.69) is 5.32 Å². The standard InChI is InChI=1S/C14H18N2O2S/c15-13(19)14(8-2-1-3-9-14)16-12(18)10-4-6-11(17)7-5-10/h4-7,17H,1-3,8-9H2,(H2,15,19)(H,16,18). The predicted octanol–water partition coefficient (Wildman–Crippen LogP) is 2.11. The number of carbonyl (C=O) groups is 1. The highest BCUT2D eigenvalue weighted by Gasteiger charge is 2.36. The Morgan fingerprint density at radius 3 is 2.32 bits per heavy atom. The van der Waals surface area contributed by atoms with Gasteiger partial charge in [-0.15, -0.1) is 0 Å². The highest BCUT2D eigenvalue weighted by Crippen LogP contribution is 2.29. The summed E-state index contributed by atoms with van der Waals surface area (Å²) in [5.41, 5.74) is 5.78. The molecule has 0 aliphatic heterocycles. The van der Waals surface area contributed by atoms with Gasteiger partial charge in [-0.3, -0.25) is 4.79 Å². The van der Waals surface area contributed by atoms with E-state index in [1.165, 1.54) is 12.1 Å². The molecule has 4 N–H and O–H groups in total. The molecule has 0 unspecified atom stereocenters. The summed E-state index contributed by atoms with van der Waals surface area (Å²) in [6.07, 6.45) is 4.79. The number of thiocarbonyl (C=S) groups is 1. The number of hydrogen-bond acceptors (Lipinski definition) is 3. The number of aromatic hydroxyl groups is 1. The SMILES string of the molecule is NC(=S)C1(NC(=O)c2ccc(O)cc2)CCCCC1. The molecule has 0 bridgehead atoms. The lowest BCUT2D eigenvalue weighted by molar-refractivity contribution is 0.0908. The highest BCUT2D eigenvalue weighted by atomic mass is 32.1. The molecule has 102 valence electrons. The summed E-state index contributed by atoms with van der Waals surface area (Å²) in [5, 5.41) is 12.2. The second-order valence-electron chi connectivity index (χ2n) is 5.01. The van der Waals surface area contributed by atoms with Gasteiger partial charge in [-0.2, -0.15) is 0 Å². The monoisotopic (exact) mass is 278 g/mol. The normalized spacial score (nSPS) is 17.7. The summed E-state index contributed by atoms with van der Waals surface area (Å²) >= 11 is 5.14. The van der Waals surface area contributed by atoms with Crippen LogP contribution in [-0.2, 0) is 0 Å². The lowest BCUT2D eigenvalue weighted by Crippen LogP contribution is -2.57. The highest BCUT2D eigenvalue weighted by molar-refractivity contribution is 7.80. The van der Waals surface area contributed by atoms with Crippen LogP contribution in [0.25, 0.3) is 0 Å². The quantitative estimate of drug-likeness (QED) is 0.740. The zero-order chi connectivity index (χ0) is 13.9. The third kappa shape index (κ3) is 3.04. The van der Waals surface area contributed by atoms with Crippen molar-refractivity contribution in [3.63, 3.8) is 0 Å². The van der Waals surface area contributed by atoms with Crippen LogP contribution in [0.3, 0.4) is 0 Å². The Labute approximate surface area is 118 Å². The molecule has 0 saturated heterocycles. The van der Waals surface area contributed by atoms with E-state index in [0.29, 0.717) is 10.6 Å². The maximum atomic E-state index is 12.2. The first-order chi connectivity index (χ1) is 9.03. The van der Waals surface area contributed by atoms with E-state index in [4.69, 9.17) is 18.0 Å². The van der Waals surface area contributed by atoms with Crippen molar-refractivity contribution in [2.45, 2.75) is 37.6 Å². The second kappa shape index (κ2) is 5.57. The van der Waals surface area contributed by atoms with Crippen molar-refractivity contribution < 1.29 is 9.90 Å². The zero-order valence-corrected chi connectivity index (χ0v) is 11.5. The summed E-state index contributed by atoms with van der Waals surface area (Å²) in [4.78, 5) is 12.6. The van der Waals surface area contributed by atoms with Gasteiger partial charge in [-0.1, -0.05) is 31.5 Å². The number of rotatable bonds is 3. The molecule has 1 saturated carbocycles. The van der Waals surface area contributed by atoms with E-state index >= 15 is 0 Å². The Morgan fingerprint density at radius 1 is 1.21 bits per heavy atom. The van der Waals surface area contributed by atoms with E-state index in [0.717, 1.165) is 32.1 Å². The van der Waals surface area contributed by atoms with Crippen LogP contribution in [0.1, 0.15) is 42.5 Å². The first-order valence-corrected chi connectivity index (χ1v) is 6.86. The molecule has 1 fully saturated rings. The van der Waals surface area contributed by atoms with Crippen LogP contribution in [0.4, 0.5) is 0 Å². The molecule has 1 aromatic carbocycles. The second-order valence-corrected chi connectivity index (χ2v) is 5.45. The number of phenols is 1. The molecule has 0 radical (unpaired) electrons. The number of benzene rings is 1. The van der Waals surface area contributed by atoms with E-state index in [1.54, 1.807) is 12.1 Å². The number of hydrogen-bond donors (Lipinski definition) is 3. The minimum Gasteiger partial charge on any atom is -0.508 e. The smallest absolute Gasteiger partial charge is 0.252 e. The Morgan fingerprint density at radius 2 is 1.79 bits per heavy atom. The Balaban J connectivity index is 2.15. The lowest BCUT2D eigenvalue weighted by atomic mass is 9.81. The number of phenolic OH excluding ortho intramolecular Hbond substituents is 1. The third-order valence-corrected chi connectivity index (χ3v) is 4.05. The zero-order valence-electron chi connectivity index (χ0n) is 10.7. The lowest BCUT2D eigenvalue weighted by Gasteiger charge is -2.37. The van der Waals surface area contributed by atoms with Crippen molar-refractivity contribution in [3.05, 3.63) is 29.8 Å². The average molecular weight is 278 g/mol. The maximum Gasteiger partial charge on any atom is 0.252 e. The number of nitrogens with one attached hydrogen (secondary N) is 1. The largest absolute Gasteiger partial charge is 0.508 e. The minimum absolute atomic E-state index is 0.137. The Kier molecular flexibility index (Phi) is 4.04. The van der Waals surface area contributed by atoms with Gasteiger partial charge in [0.1, 0.15) is 5.75 Å². The van der Waals surface area contributed by atoms with Crippen molar-refractivity contribution in [2.24, 2.45) is 5.73 Å². The van der Waals surface area contributed by atoms with Crippen LogP contribution in [0, 0.1) is 0 Å². The fraction of sp³-hybridized carbons (Fsp3) is 0.429. The molecule has 4 nitrogen and oxygen atoms in total. The molecule has 2 rings (SSSR count). The molecular formula is C14H18N2O2S. The fourth-order valence-electron chi connectivity index (χ4n) is 2.49. The van der Waals surface area contributed by atoms with Gasteiger partial charge in [-0.25, -0.2) is 0 Å². The van der Waals surface area contributed by atoms with Gasteiger partial charge in [-0.05, 0) is 37.1 Å². The van der Waals surface area contributed by atoms with Crippen molar-refractivity contribution in [1.29, 1.82) is 0 Å². The molecule has 0 heterocycles. The van der Waals surface area contributed by atoms with Crippen molar-refractivity contribution >= 4 is 23.1 Å². The molecule has 1 amide bonds. The summed E-state index contributed by atoms with van der Waals surface area (Å²) in [5.74, 6) is -0.0621. The van der Waals surface area contributed by atoms with Gasteiger partial charge in [0.05, 0.1) is 10.5 Å². The number of nitrogens with two attached hydrogens (primary N) is 1. The molecular weight excluding hydrogens is 260 g/mol. The van der Waals surface area contributed by atoms with Gasteiger partial charge in [0.15, 0.2) is 0 Å². The molecule has 0 spiro atoms. The first-order valence-electron chi connectivity index (χ1n) is 6.45. The Hall–Kier alpha value is -1.62. The molecule has 1 aromatic rings. The van der Waals surface area contributed by atoms with Crippen LogP contribution in [0.2, 0.25) is 0 Å². The number of amides is 1. The van der Waals surface area contributed by atoms with E-state index in [9.17, 15) is 9.90 Å². The van der Waals surface area contributed by atoms with Crippen LogP contribution in [-0.4, -0.2) is 21.5 Å². The molecule has 0 aromatic heterocycles. The summed E-state index contributed by atoms with van der Waals surface area (Å²) in [6, 6.07) is 6.15. The van der Waals surface area contributed by atoms with Crippen molar-refractivity contribution in [1.82, 2.24) is 5.32 Å². The van der Waals surface area contributed by atoms with Gasteiger partial charge < -0.3 is 16.2 Å². The molecule has 5 heteroatoms. The van der Waals surface area contributed by atoms with E-state index in [-0.39, 0.29) is 11.7 Å². The summed E-state index contributed by atoms with van der Waals surface area (Å²) < 4.78 is 0. The predicted molar refractivity (Wildman–Crippen MR) is 78.2 cm³/mol. The maximum absolute atomic E-state index is 12.2. The summed E-state index contributed by atoms with van der Waals surface area (Å²) in [7, 11) is 0. The fourth-order valence-corrected chi connectivity index (χ4v) is 2.75. The number of carbonyl (C=O) groups excluding carboxylic acids is 1. The molecule has 1 aliphatic carbocycles. The van der Waals surface area contributed by atoms with Gasteiger partial charge in [0.2, 0.25) is 0 Å². The minimum atomic E-state index is -0.553. The van der Waals surface area contributed by atoms with Gasteiger partial charge in [0.25, 0.3) is 5.91 Å². The van der Waals surface area contributed by atoms with E-state index < -0.39 is 5.54 Å². The van der Waals surface area contributed by atoms with Crippen LogP contribution < -0.4 is 11.1 Å². The van der Waals surface area contributed by atoms with Gasteiger partial charge >= 0.3 is 0 Å². The average Bonchev–Trinajstić information content (AvgIpc) is 2.40. The first kappa shape index (κ1) is 13.8. The topological polar surface area (TPSA) is 75.3 Å².